The van der Waals surface area contributed by atoms with Gasteiger partial charge in [-0.2, -0.15) is 0 Å². The van der Waals surface area contributed by atoms with Crippen LogP contribution in [-0.2, 0) is 0 Å². The monoisotopic (exact) mass is 227 g/mol. The summed E-state index contributed by atoms with van der Waals surface area (Å²) < 4.78 is 2.21. The summed E-state index contributed by atoms with van der Waals surface area (Å²) in [6, 6.07) is 12.5. The molecule has 1 aromatic heterocycles. The van der Waals surface area contributed by atoms with Crippen LogP contribution in [-0.4, -0.2) is 10.9 Å². The molecule has 2 nitrogen and oxygen atoms in total. The highest BCUT2D eigenvalue weighted by Gasteiger charge is 2.14. The third-order valence-electron chi connectivity index (χ3n) is 3.32. The van der Waals surface area contributed by atoms with Crippen LogP contribution in [0.5, 0.6) is 0 Å². The largest absolute Gasteiger partial charge is 0.341 e. The summed E-state index contributed by atoms with van der Waals surface area (Å²) in [7, 11) is 0. The number of hydrogen-bond acceptors (Lipinski definition) is 1. The molecule has 2 rings (SSSR count). The fourth-order valence-electron chi connectivity index (χ4n) is 2.40. The van der Waals surface area contributed by atoms with Gasteiger partial charge in [0.25, 0.3) is 0 Å². The first-order valence-corrected chi connectivity index (χ1v) is 5.83. The molecule has 1 aromatic carbocycles. The van der Waals surface area contributed by atoms with E-state index in [4.69, 9.17) is 0 Å². The van der Waals surface area contributed by atoms with Crippen LogP contribution in [0.1, 0.15) is 40.3 Å². The first-order valence-electron chi connectivity index (χ1n) is 5.83. The van der Waals surface area contributed by atoms with Gasteiger partial charge in [-0.1, -0.05) is 30.3 Å². The maximum atomic E-state index is 10.9. The molecule has 2 aromatic rings. The van der Waals surface area contributed by atoms with E-state index >= 15 is 0 Å². The Morgan fingerprint density at radius 3 is 2.35 bits per heavy atom. The molecule has 0 spiro atoms. The molecule has 0 fully saturated rings. The average molecular weight is 227 g/mol. The van der Waals surface area contributed by atoms with Crippen molar-refractivity contribution in [1.29, 1.82) is 0 Å². The minimum Gasteiger partial charge on any atom is -0.341 e. The Labute approximate surface area is 102 Å². The van der Waals surface area contributed by atoms with Crippen LogP contribution in [0.3, 0.4) is 0 Å². The molecule has 0 unspecified atom stereocenters. The lowest BCUT2D eigenvalue weighted by Crippen LogP contribution is -2.10. The summed E-state index contributed by atoms with van der Waals surface area (Å²) in [6.45, 7) is 6.19. The molecule has 1 heterocycles. The molecule has 0 N–H and O–H groups in total. The highest BCUT2D eigenvalue weighted by Crippen LogP contribution is 2.24. The first-order chi connectivity index (χ1) is 8.15. The van der Waals surface area contributed by atoms with Crippen molar-refractivity contribution >= 4 is 6.29 Å². The van der Waals surface area contributed by atoms with E-state index in [1.807, 2.05) is 38.1 Å². The van der Waals surface area contributed by atoms with Crippen LogP contribution in [0.4, 0.5) is 0 Å². The van der Waals surface area contributed by atoms with Crippen molar-refractivity contribution in [2.45, 2.75) is 26.8 Å². The van der Waals surface area contributed by atoms with E-state index in [-0.39, 0.29) is 6.04 Å². The molecule has 88 valence electrons. The molecule has 0 aliphatic rings. The fraction of sp³-hybridized carbons (Fsp3) is 0.267. The first kappa shape index (κ1) is 11.6. The highest BCUT2D eigenvalue weighted by atomic mass is 16.1. The normalized spacial score (nSPS) is 12.4. The van der Waals surface area contributed by atoms with Crippen LogP contribution >= 0.6 is 0 Å². The maximum absolute atomic E-state index is 10.9. The van der Waals surface area contributed by atoms with Crippen molar-refractivity contribution in [3.8, 4) is 0 Å². The van der Waals surface area contributed by atoms with Gasteiger partial charge in [0.1, 0.15) is 0 Å². The molecule has 17 heavy (non-hydrogen) atoms. The molecule has 0 radical (unpaired) electrons. The Balaban J connectivity index is 2.47. The molecule has 0 bridgehead atoms. The number of carbonyl (C=O) groups is 1. The topological polar surface area (TPSA) is 22.0 Å². The minimum absolute atomic E-state index is 0.255. The second-order valence-electron chi connectivity index (χ2n) is 4.40. The van der Waals surface area contributed by atoms with E-state index in [1.165, 1.54) is 5.56 Å². The predicted molar refractivity (Wildman–Crippen MR) is 69.5 cm³/mol. The van der Waals surface area contributed by atoms with Gasteiger partial charge in [-0.25, -0.2) is 0 Å². The number of benzene rings is 1. The van der Waals surface area contributed by atoms with Gasteiger partial charge in [0.05, 0.1) is 6.04 Å². The summed E-state index contributed by atoms with van der Waals surface area (Å²) in [4.78, 5) is 10.9. The van der Waals surface area contributed by atoms with Gasteiger partial charge in [0.2, 0.25) is 0 Å². The molecule has 0 saturated heterocycles. The van der Waals surface area contributed by atoms with Crippen LogP contribution in [0.15, 0.2) is 36.4 Å². The third-order valence-corrected chi connectivity index (χ3v) is 3.32. The number of nitrogens with zero attached hydrogens (tertiary/aromatic N) is 1. The van der Waals surface area contributed by atoms with Crippen molar-refractivity contribution in [1.82, 2.24) is 4.57 Å². The van der Waals surface area contributed by atoms with Gasteiger partial charge in [-0.3, -0.25) is 4.79 Å². The minimum atomic E-state index is 0.255. The maximum Gasteiger partial charge on any atom is 0.151 e. The zero-order valence-electron chi connectivity index (χ0n) is 10.5. The van der Waals surface area contributed by atoms with E-state index < -0.39 is 0 Å². The van der Waals surface area contributed by atoms with E-state index in [9.17, 15) is 4.79 Å². The summed E-state index contributed by atoms with van der Waals surface area (Å²) in [5.74, 6) is 0. The standard InChI is InChI=1S/C15H17NO/c1-11-9-15(10-17)13(3)16(11)12(2)14-7-5-4-6-8-14/h4-10,12H,1-3H3/t12-/m0/s1. The number of hydrogen-bond donors (Lipinski definition) is 0. The van der Waals surface area contributed by atoms with Gasteiger partial charge >= 0.3 is 0 Å². The molecule has 1 atom stereocenters. The van der Waals surface area contributed by atoms with Crippen LogP contribution in [0.25, 0.3) is 0 Å². The van der Waals surface area contributed by atoms with Crippen molar-refractivity contribution < 1.29 is 4.79 Å². The summed E-state index contributed by atoms with van der Waals surface area (Å²) in [5, 5.41) is 0. The summed E-state index contributed by atoms with van der Waals surface area (Å²) in [5.41, 5.74) is 4.20. The Hall–Kier alpha value is -1.83. The number of aromatic nitrogens is 1. The molecular formula is C15H17NO. The van der Waals surface area contributed by atoms with Crippen LogP contribution in [0.2, 0.25) is 0 Å². The van der Waals surface area contributed by atoms with Gasteiger partial charge in [0.15, 0.2) is 6.29 Å². The molecule has 0 aliphatic heterocycles. The molecular weight excluding hydrogens is 210 g/mol. The number of rotatable bonds is 3. The van der Waals surface area contributed by atoms with Crippen LogP contribution < -0.4 is 0 Å². The van der Waals surface area contributed by atoms with E-state index in [2.05, 4.69) is 23.6 Å². The Kier molecular flexibility index (Phi) is 3.14. The van der Waals surface area contributed by atoms with Crippen molar-refractivity contribution in [2.75, 3.05) is 0 Å². The Morgan fingerprint density at radius 1 is 1.18 bits per heavy atom. The number of aldehydes is 1. The number of carbonyl (C=O) groups excluding carboxylic acids is 1. The SMILES string of the molecule is Cc1cc(C=O)c(C)n1[C@@H](C)c1ccccc1. The summed E-state index contributed by atoms with van der Waals surface area (Å²) in [6.07, 6.45) is 0.927. The fourth-order valence-corrected chi connectivity index (χ4v) is 2.40. The zero-order valence-corrected chi connectivity index (χ0v) is 10.5. The van der Waals surface area contributed by atoms with Crippen molar-refractivity contribution in [3.63, 3.8) is 0 Å². The lowest BCUT2D eigenvalue weighted by atomic mass is 10.1. The second kappa shape index (κ2) is 4.58. The average Bonchev–Trinajstić information content (AvgIpc) is 2.64. The predicted octanol–water partition coefficient (Wildman–Crippen LogP) is 3.53. The van der Waals surface area contributed by atoms with Gasteiger partial charge in [0, 0.05) is 17.0 Å². The van der Waals surface area contributed by atoms with Crippen LogP contribution in [0, 0.1) is 13.8 Å². The molecule has 0 amide bonds. The van der Waals surface area contributed by atoms with E-state index in [0.29, 0.717) is 0 Å². The van der Waals surface area contributed by atoms with E-state index in [1.54, 1.807) is 0 Å². The lowest BCUT2D eigenvalue weighted by molar-refractivity contribution is 0.112. The van der Waals surface area contributed by atoms with Gasteiger partial charge in [-0.15, -0.1) is 0 Å². The smallest absolute Gasteiger partial charge is 0.151 e. The Morgan fingerprint density at radius 2 is 1.82 bits per heavy atom. The van der Waals surface area contributed by atoms with Gasteiger partial charge < -0.3 is 4.57 Å². The van der Waals surface area contributed by atoms with Crippen molar-refractivity contribution in [2.24, 2.45) is 0 Å². The highest BCUT2D eigenvalue weighted by molar-refractivity contribution is 5.77. The Bertz CT molecular complexity index is 525. The quantitative estimate of drug-likeness (QED) is 0.735. The number of aryl methyl sites for hydroxylation is 1. The van der Waals surface area contributed by atoms with E-state index in [0.717, 1.165) is 23.2 Å². The zero-order chi connectivity index (χ0) is 12.4. The van der Waals surface area contributed by atoms with Crippen molar-refractivity contribution in [3.05, 3.63) is 58.9 Å². The molecule has 0 aliphatic carbocycles. The summed E-state index contributed by atoms with van der Waals surface area (Å²) >= 11 is 0. The molecule has 0 saturated carbocycles. The third kappa shape index (κ3) is 2.03. The lowest BCUT2D eigenvalue weighted by Gasteiger charge is -2.19. The van der Waals surface area contributed by atoms with Gasteiger partial charge in [-0.05, 0) is 32.4 Å². The molecule has 2 heteroatoms. The second-order valence-corrected chi connectivity index (χ2v) is 4.40.